The highest BCUT2D eigenvalue weighted by molar-refractivity contribution is 5.78. The molecule has 0 bridgehead atoms. The van der Waals surface area contributed by atoms with Crippen LogP contribution in [0.4, 0.5) is 5.69 Å². The molecule has 1 fully saturated rings. The standard InChI is InChI=1S/C12H17N3O/c1-12(4-5-12)8-15-11(16)6-10-3-2-9(13)7-14-10/h2-3,7H,4-6,8,13H2,1H3,(H,15,16). The van der Waals surface area contributed by atoms with Gasteiger partial charge in [0.1, 0.15) is 0 Å². The van der Waals surface area contributed by atoms with Crippen LogP contribution >= 0.6 is 0 Å². The van der Waals surface area contributed by atoms with Gasteiger partial charge in [0.15, 0.2) is 0 Å². The average Bonchev–Trinajstić information content (AvgIpc) is 2.98. The number of nitrogen functional groups attached to an aromatic ring is 1. The Kier molecular flexibility index (Phi) is 2.81. The first-order valence-corrected chi connectivity index (χ1v) is 5.55. The zero-order valence-electron chi connectivity index (χ0n) is 9.49. The van der Waals surface area contributed by atoms with Crippen molar-refractivity contribution >= 4 is 11.6 Å². The van der Waals surface area contributed by atoms with E-state index in [1.807, 2.05) is 0 Å². The fourth-order valence-electron chi connectivity index (χ4n) is 1.47. The van der Waals surface area contributed by atoms with Crippen LogP contribution < -0.4 is 11.1 Å². The lowest BCUT2D eigenvalue weighted by atomic mass is 10.1. The molecule has 0 spiro atoms. The Hall–Kier alpha value is -1.58. The van der Waals surface area contributed by atoms with E-state index in [-0.39, 0.29) is 5.91 Å². The molecule has 1 saturated carbocycles. The molecule has 1 aromatic heterocycles. The largest absolute Gasteiger partial charge is 0.397 e. The van der Waals surface area contributed by atoms with Crippen LogP contribution in [0.2, 0.25) is 0 Å². The van der Waals surface area contributed by atoms with E-state index in [1.54, 1.807) is 18.3 Å². The maximum Gasteiger partial charge on any atom is 0.226 e. The van der Waals surface area contributed by atoms with Gasteiger partial charge in [0.2, 0.25) is 5.91 Å². The first-order chi connectivity index (χ1) is 7.57. The number of hydrogen-bond acceptors (Lipinski definition) is 3. The normalized spacial score (nSPS) is 16.8. The van der Waals surface area contributed by atoms with Gasteiger partial charge in [-0.2, -0.15) is 0 Å². The van der Waals surface area contributed by atoms with Gasteiger partial charge in [0, 0.05) is 12.2 Å². The molecular weight excluding hydrogens is 202 g/mol. The van der Waals surface area contributed by atoms with Crippen molar-refractivity contribution < 1.29 is 4.79 Å². The molecule has 1 amide bonds. The highest BCUT2D eigenvalue weighted by Gasteiger charge is 2.37. The fourth-order valence-corrected chi connectivity index (χ4v) is 1.47. The summed E-state index contributed by atoms with van der Waals surface area (Å²) in [5.41, 5.74) is 7.25. The predicted octanol–water partition coefficient (Wildman–Crippen LogP) is 1.12. The number of pyridine rings is 1. The van der Waals surface area contributed by atoms with Crippen LogP contribution in [0.25, 0.3) is 0 Å². The zero-order valence-corrected chi connectivity index (χ0v) is 9.49. The second-order valence-electron chi connectivity index (χ2n) is 4.85. The second-order valence-corrected chi connectivity index (χ2v) is 4.85. The van der Waals surface area contributed by atoms with Crippen molar-refractivity contribution in [2.75, 3.05) is 12.3 Å². The van der Waals surface area contributed by atoms with E-state index in [0.29, 0.717) is 17.5 Å². The highest BCUT2D eigenvalue weighted by atomic mass is 16.1. The number of aromatic nitrogens is 1. The fraction of sp³-hybridized carbons (Fsp3) is 0.500. The molecule has 0 aliphatic heterocycles. The minimum atomic E-state index is 0.0328. The summed E-state index contributed by atoms with van der Waals surface area (Å²) in [6, 6.07) is 3.55. The summed E-state index contributed by atoms with van der Waals surface area (Å²) in [6.45, 7) is 2.97. The number of hydrogen-bond donors (Lipinski definition) is 2. The van der Waals surface area contributed by atoms with Crippen molar-refractivity contribution in [2.45, 2.75) is 26.2 Å². The molecule has 1 aliphatic rings. The summed E-state index contributed by atoms with van der Waals surface area (Å²) in [4.78, 5) is 15.7. The van der Waals surface area contributed by atoms with Crippen molar-refractivity contribution in [2.24, 2.45) is 5.41 Å². The number of rotatable bonds is 4. The van der Waals surface area contributed by atoms with Crippen molar-refractivity contribution in [3.8, 4) is 0 Å². The number of nitrogens with one attached hydrogen (secondary N) is 1. The quantitative estimate of drug-likeness (QED) is 0.797. The maximum atomic E-state index is 11.6. The van der Waals surface area contributed by atoms with Crippen LogP contribution in [0.5, 0.6) is 0 Å². The number of nitrogens with two attached hydrogens (primary N) is 1. The van der Waals surface area contributed by atoms with Gasteiger partial charge < -0.3 is 11.1 Å². The maximum absolute atomic E-state index is 11.6. The minimum absolute atomic E-state index is 0.0328. The van der Waals surface area contributed by atoms with Gasteiger partial charge in [-0.1, -0.05) is 6.92 Å². The number of carbonyl (C=O) groups excluding carboxylic acids is 1. The number of nitrogens with zero attached hydrogens (tertiary/aromatic N) is 1. The first kappa shape index (κ1) is 10.9. The van der Waals surface area contributed by atoms with Crippen molar-refractivity contribution in [1.29, 1.82) is 0 Å². The van der Waals surface area contributed by atoms with Crippen LogP contribution in [0, 0.1) is 5.41 Å². The highest BCUT2D eigenvalue weighted by Crippen LogP contribution is 2.43. The van der Waals surface area contributed by atoms with Crippen LogP contribution in [0.3, 0.4) is 0 Å². The minimum Gasteiger partial charge on any atom is -0.397 e. The molecule has 1 aliphatic carbocycles. The molecule has 0 radical (unpaired) electrons. The topological polar surface area (TPSA) is 68.0 Å². The zero-order chi connectivity index (χ0) is 11.6. The molecule has 1 heterocycles. The molecule has 0 aromatic carbocycles. The Morgan fingerprint density at radius 3 is 2.88 bits per heavy atom. The van der Waals surface area contributed by atoms with Crippen molar-refractivity contribution in [3.63, 3.8) is 0 Å². The number of amides is 1. The smallest absolute Gasteiger partial charge is 0.226 e. The molecule has 2 rings (SSSR count). The third-order valence-electron chi connectivity index (χ3n) is 3.01. The molecule has 0 atom stereocenters. The van der Waals surface area contributed by atoms with E-state index in [0.717, 1.165) is 12.2 Å². The summed E-state index contributed by atoms with van der Waals surface area (Å²) in [7, 11) is 0. The SMILES string of the molecule is CC1(CNC(=O)Cc2ccc(N)cn2)CC1. The first-order valence-electron chi connectivity index (χ1n) is 5.55. The molecule has 1 aromatic rings. The van der Waals surface area contributed by atoms with Gasteiger partial charge >= 0.3 is 0 Å². The summed E-state index contributed by atoms with van der Waals surface area (Å²) < 4.78 is 0. The van der Waals surface area contributed by atoms with E-state index in [9.17, 15) is 4.79 Å². The molecule has 3 N–H and O–H groups in total. The van der Waals surface area contributed by atoms with Crippen LogP contribution in [-0.2, 0) is 11.2 Å². The third-order valence-corrected chi connectivity index (χ3v) is 3.01. The molecule has 4 nitrogen and oxygen atoms in total. The van der Waals surface area contributed by atoms with Gasteiger partial charge in [-0.25, -0.2) is 0 Å². The molecule has 4 heteroatoms. The molecular formula is C12H17N3O. The second kappa shape index (κ2) is 4.12. The Balaban J connectivity index is 1.80. The van der Waals surface area contributed by atoms with E-state index in [4.69, 9.17) is 5.73 Å². The Labute approximate surface area is 95.3 Å². The monoisotopic (exact) mass is 219 g/mol. The predicted molar refractivity (Wildman–Crippen MR) is 62.7 cm³/mol. The summed E-state index contributed by atoms with van der Waals surface area (Å²) in [5, 5.41) is 2.94. The van der Waals surface area contributed by atoms with E-state index in [1.165, 1.54) is 12.8 Å². The number of anilines is 1. The summed E-state index contributed by atoms with van der Waals surface area (Å²) in [5.74, 6) is 0.0328. The average molecular weight is 219 g/mol. The lowest BCUT2D eigenvalue weighted by molar-refractivity contribution is -0.120. The van der Waals surface area contributed by atoms with Gasteiger partial charge in [-0.3, -0.25) is 9.78 Å². The Morgan fingerprint density at radius 1 is 1.56 bits per heavy atom. The van der Waals surface area contributed by atoms with Gasteiger partial charge in [0.05, 0.1) is 18.3 Å². The van der Waals surface area contributed by atoms with Crippen LogP contribution in [-0.4, -0.2) is 17.4 Å². The Morgan fingerprint density at radius 2 is 2.31 bits per heavy atom. The lowest BCUT2D eigenvalue weighted by Crippen LogP contribution is -2.30. The van der Waals surface area contributed by atoms with Gasteiger partial charge in [-0.05, 0) is 30.4 Å². The summed E-state index contributed by atoms with van der Waals surface area (Å²) >= 11 is 0. The van der Waals surface area contributed by atoms with Crippen molar-refractivity contribution in [3.05, 3.63) is 24.0 Å². The van der Waals surface area contributed by atoms with E-state index >= 15 is 0 Å². The molecule has 86 valence electrons. The summed E-state index contributed by atoms with van der Waals surface area (Å²) in [6.07, 6.45) is 4.34. The molecule has 0 unspecified atom stereocenters. The molecule has 0 saturated heterocycles. The third kappa shape index (κ3) is 2.95. The van der Waals surface area contributed by atoms with Crippen molar-refractivity contribution in [1.82, 2.24) is 10.3 Å². The Bertz CT molecular complexity index is 382. The van der Waals surface area contributed by atoms with E-state index in [2.05, 4.69) is 17.2 Å². The van der Waals surface area contributed by atoms with E-state index < -0.39 is 0 Å². The van der Waals surface area contributed by atoms with Crippen LogP contribution in [0.1, 0.15) is 25.5 Å². The lowest BCUT2D eigenvalue weighted by Gasteiger charge is -2.09. The van der Waals surface area contributed by atoms with Gasteiger partial charge in [-0.15, -0.1) is 0 Å². The molecule has 16 heavy (non-hydrogen) atoms. The van der Waals surface area contributed by atoms with Crippen LogP contribution in [0.15, 0.2) is 18.3 Å². The van der Waals surface area contributed by atoms with Gasteiger partial charge in [0.25, 0.3) is 0 Å². The number of carbonyl (C=O) groups is 1.